The van der Waals surface area contributed by atoms with Crippen LogP contribution in [0.25, 0.3) is 0 Å². The molecular weight excluding hydrogens is 416 g/mol. The number of amides is 2. The van der Waals surface area contributed by atoms with Gasteiger partial charge in [0.2, 0.25) is 5.91 Å². The molecule has 9 heteroatoms. The molecule has 8 nitrogen and oxygen atoms in total. The van der Waals surface area contributed by atoms with Crippen LogP contribution in [0.1, 0.15) is 28.8 Å². The van der Waals surface area contributed by atoms with Gasteiger partial charge in [0.15, 0.2) is 0 Å². The first-order valence-electron chi connectivity index (χ1n) is 9.91. The number of fused-ring (bicyclic) bond motifs is 1. The van der Waals surface area contributed by atoms with Crippen LogP contribution in [0.15, 0.2) is 42.1 Å². The van der Waals surface area contributed by atoms with Gasteiger partial charge in [-0.05, 0) is 36.5 Å². The average Bonchev–Trinajstić information content (AvgIpc) is 3.33. The minimum absolute atomic E-state index is 0.293. The van der Waals surface area contributed by atoms with Crippen molar-refractivity contribution in [3.63, 3.8) is 0 Å². The van der Waals surface area contributed by atoms with Crippen LogP contribution in [0.3, 0.4) is 0 Å². The number of nitrogens with one attached hydrogen (secondary N) is 1. The molecule has 2 amide bonds. The van der Waals surface area contributed by atoms with E-state index in [0.717, 1.165) is 10.4 Å². The number of hydrogen-bond donors (Lipinski definition) is 2. The SMILES string of the molecule is C=CN=CC(=C)/C=C/C(=O)Nc1sc2c(c1C#N)CCC(OC(=O)N1CC[C@H](O)C1)C2. The van der Waals surface area contributed by atoms with Gasteiger partial charge in [0.05, 0.1) is 11.7 Å². The number of hydrogen-bond acceptors (Lipinski definition) is 7. The number of aliphatic hydroxyl groups is 1. The van der Waals surface area contributed by atoms with Gasteiger partial charge in [-0.2, -0.15) is 5.26 Å². The van der Waals surface area contributed by atoms with E-state index < -0.39 is 12.2 Å². The summed E-state index contributed by atoms with van der Waals surface area (Å²) in [4.78, 5) is 30.8. The third kappa shape index (κ3) is 5.69. The first kappa shape index (κ1) is 22.5. The summed E-state index contributed by atoms with van der Waals surface area (Å²) in [5.41, 5.74) is 1.90. The lowest BCUT2D eigenvalue weighted by atomic mass is 9.94. The van der Waals surface area contributed by atoms with Gasteiger partial charge in [0, 0.05) is 42.9 Å². The number of rotatable bonds is 6. The minimum Gasteiger partial charge on any atom is -0.446 e. The third-order valence-corrected chi connectivity index (χ3v) is 6.22. The van der Waals surface area contributed by atoms with Crippen LogP contribution in [-0.4, -0.2) is 53.5 Å². The lowest BCUT2D eigenvalue weighted by Crippen LogP contribution is -2.35. The molecule has 2 N–H and O–H groups in total. The van der Waals surface area contributed by atoms with E-state index in [1.54, 1.807) is 0 Å². The fourth-order valence-corrected chi connectivity index (χ4v) is 4.78. The Labute approximate surface area is 184 Å². The highest BCUT2D eigenvalue weighted by molar-refractivity contribution is 7.16. The predicted molar refractivity (Wildman–Crippen MR) is 119 cm³/mol. The van der Waals surface area contributed by atoms with Gasteiger partial charge < -0.3 is 20.1 Å². The Morgan fingerprint density at radius 2 is 2.19 bits per heavy atom. The molecule has 1 aromatic rings. The number of β-amino-alcohol motifs (C(OH)–C–C–N with tert-alkyl or cyclic N) is 1. The number of ether oxygens (including phenoxy) is 1. The van der Waals surface area contributed by atoms with Crippen molar-refractivity contribution in [2.45, 2.75) is 37.9 Å². The number of carbonyl (C=O) groups is 2. The maximum atomic E-state index is 12.3. The highest BCUT2D eigenvalue weighted by atomic mass is 32.1. The number of allylic oxidation sites excluding steroid dienone is 2. The number of carbonyl (C=O) groups excluding carboxylic acids is 2. The Kier molecular flexibility index (Phi) is 7.39. The molecule has 0 aromatic carbocycles. The van der Waals surface area contributed by atoms with Crippen LogP contribution >= 0.6 is 11.3 Å². The van der Waals surface area contributed by atoms with Crippen molar-refractivity contribution in [3.05, 3.63) is 53.1 Å². The maximum Gasteiger partial charge on any atom is 0.410 e. The fourth-order valence-electron chi connectivity index (χ4n) is 3.52. The van der Waals surface area contributed by atoms with E-state index in [1.807, 2.05) is 0 Å². The lowest BCUT2D eigenvalue weighted by molar-refractivity contribution is -0.111. The highest BCUT2D eigenvalue weighted by Gasteiger charge is 2.31. The van der Waals surface area contributed by atoms with Crippen molar-refractivity contribution >= 4 is 34.6 Å². The highest BCUT2D eigenvalue weighted by Crippen LogP contribution is 2.38. The van der Waals surface area contributed by atoms with Crippen LogP contribution in [0.2, 0.25) is 0 Å². The summed E-state index contributed by atoms with van der Waals surface area (Å²) in [5.74, 6) is -0.376. The molecule has 1 aliphatic heterocycles. The number of nitrogens with zero attached hydrogens (tertiary/aromatic N) is 3. The Morgan fingerprint density at radius 1 is 1.39 bits per heavy atom. The van der Waals surface area contributed by atoms with Gasteiger partial charge in [0.1, 0.15) is 17.2 Å². The van der Waals surface area contributed by atoms with E-state index in [1.165, 1.54) is 40.8 Å². The molecule has 2 heterocycles. The summed E-state index contributed by atoms with van der Waals surface area (Å²) in [7, 11) is 0. The zero-order valence-corrected chi connectivity index (χ0v) is 17.9. The average molecular weight is 441 g/mol. The fraction of sp³-hybridized carbons (Fsp3) is 0.364. The second-order valence-corrected chi connectivity index (χ2v) is 8.42. The summed E-state index contributed by atoms with van der Waals surface area (Å²) in [6.07, 6.45) is 6.75. The Bertz CT molecular complexity index is 988. The summed E-state index contributed by atoms with van der Waals surface area (Å²) >= 11 is 1.33. The van der Waals surface area contributed by atoms with Crippen molar-refractivity contribution in [1.29, 1.82) is 5.26 Å². The monoisotopic (exact) mass is 440 g/mol. The first-order chi connectivity index (χ1) is 14.9. The molecule has 0 bridgehead atoms. The zero-order valence-electron chi connectivity index (χ0n) is 17.0. The molecule has 31 heavy (non-hydrogen) atoms. The lowest BCUT2D eigenvalue weighted by Gasteiger charge is -2.25. The van der Waals surface area contributed by atoms with Crippen LogP contribution in [-0.2, 0) is 22.4 Å². The van der Waals surface area contributed by atoms with E-state index in [0.29, 0.717) is 54.9 Å². The molecule has 0 saturated carbocycles. The van der Waals surface area contributed by atoms with Crippen molar-refractivity contribution in [1.82, 2.24) is 4.90 Å². The molecule has 162 valence electrons. The van der Waals surface area contributed by atoms with Crippen LogP contribution in [0, 0.1) is 11.3 Å². The number of likely N-dealkylation sites (tertiary alicyclic amines) is 1. The Morgan fingerprint density at radius 3 is 2.87 bits per heavy atom. The van der Waals surface area contributed by atoms with Crippen molar-refractivity contribution in [2.24, 2.45) is 4.99 Å². The number of anilines is 1. The molecule has 3 rings (SSSR count). The Balaban J connectivity index is 1.64. The van der Waals surface area contributed by atoms with E-state index in [2.05, 4.69) is 29.5 Å². The molecule has 1 unspecified atom stereocenters. The minimum atomic E-state index is -0.493. The quantitative estimate of drug-likeness (QED) is 0.401. The molecule has 1 aromatic heterocycles. The predicted octanol–water partition coefficient (Wildman–Crippen LogP) is 2.95. The molecule has 2 aliphatic rings. The number of thiophene rings is 1. The van der Waals surface area contributed by atoms with E-state index in [4.69, 9.17) is 4.74 Å². The Hall–Kier alpha value is -3.22. The molecule has 1 fully saturated rings. The van der Waals surface area contributed by atoms with Crippen LogP contribution in [0.4, 0.5) is 9.80 Å². The third-order valence-electron chi connectivity index (χ3n) is 5.05. The van der Waals surface area contributed by atoms with Crippen LogP contribution in [0.5, 0.6) is 0 Å². The summed E-state index contributed by atoms with van der Waals surface area (Å²) in [6, 6.07) is 2.19. The molecule has 0 radical (unpaired) electrons. The second kappa shape index (κ2) is 10.2. The van der Waals surface area contributed by atoms with Gasteiger partial charge in [0.25, 0.3) is 0 Å². The van der Waals surface area contributed by atoms with E-state index >= 15 is 0 Å². The topological polar surface area (TPSA) is 115 Å². The molecule has 1 aliphatic carbocycles. The summed E-state index contributed by atoms with van der Waals surface area (Å²) < 4.78 is 5.61. The zero-order chi connectivity index (χ0) is 22.4. The van der Waals surface area contributed by atoms with Gasteiger partial charge in [-0.3, -0.25) is 9.79 Å². The second-order valence-electron chi connectivity index (χ2n) is 7.32. The summed E-state index contributed by atoms with van der Waals surface area (Å²) in [6.45, 7) is 8.00. The standard InChI is InChI=1S/C22H24N4O4S/c1-3-24-12-14(2)4-7-20(28)25-21-18(11-23)17-6-5-16(10-19(17)31-21)30-22(29)26-9-8-15(27)13-26/h3-4,7,12,15-16,27H,1-2,5-6,8-10,13H2,(H,25,28)/b7-4+,24-12?/t15-,16?/m0/s1. The van der Waals surface area contributed by atoms with E-state index in [-0.39, 0.29) is 12.0 Å². The normalized spacial score (nSPS) is 20.5. The first-order valence-corrected chi connectivity index (χ1v) is 10.7. The molecular formula is C22H24N4O4S. The van der Waals surface area contributed by atoms with Crippen LogP contribution < -0.4 is 5.32 Å². The summed E-state index contributed by atoms with van der Waals surface area (Å²) in [5, 5.41) is 22.4. The molecule has 1 saturated heterocycles. The number of aliphatic imine (C=N–C) groups is 1. The molecule has 0 spiro atoms. The molecule has 2 atom stereocenters. The van der Waals surface area contributed by atoms with Crippen molar-refractivity contribution in [2.75, 3.05) is 18.4 Å². The van der Waals surface area contributed by atoms with Crippen molar-refractivity contribution in [3.8, 4) is 6.07 Å². The van der Waals surface area contributed by atoms with Crippen molar-refractivity contribution < 1.29 is 19.4 Å². The smallest absolute Gasteiger partial charge is 0.410 e. The van der Waals surface area contributed by atoms with Gasteiger partial charge >= 0.3 is 6.09 Å². The van der Waals surface area contributed by atoms with Gasteiger partial charge in [-0.1, -0.05) is 13.2 Å². The van der Waals surface area contributed by atoms with E-state index in [9.17, 15) is 20.0 Å². The number of nitriles is 1. The van der Waals surface area contributed by atoms with Gasteiger partial charge in [-0.25, -0.2) is 4.79 Å². The number of aliphatic hydroxyl groups excluding tert-OH is 1. The largest absolute Gasteiger partial charge is 0.446 e. The maximum absolute atomic E-state index is 12.3. The van der Waals surface area contributed by atoms with Gasteiger partial charge in [-0.15, -0.1) is 11.3 Å².